The molecule has 0 unspecified atom stereocenters. The zero-order chi connectivity index (χ0) is 53.7. The summed E-state index contributed by atoms with van der Waals surface area (Å²) in [6, 6.07) is -1.23. The summed E-state index contributed by atoms with van der Waals surface area (Å²) in [4.78, 5) is 68.0. The number of aliphatic hydroxyl groups excluding tert-OH is 13. The summed E-state index contributed by atoms with van der Waals surface area (Å²) in [5.74, 6) is -3.51. The second-order valence-corrected chi connectivity index (χ2v) is 18.0. The smallest absolute Gasteiger partial charge is 0.349 e. The van der Waals surface area contributed by atoms with E-state index in [1.165, 1.54) is 6.92 Å². The van der Waals surface area contributed by atoms with Crippen LogP contribution in [0.2, 0.25) is 0 Å². The summed E-state index contributed by atoms with van der Waals surface area (Å²) in [6.45, 7) is -1.46. The number of aliphatic hydroxyl groups is 13. The van der Waals surface area contributed by atoms with Gasteiger partial charge < -0.3 is 125 Å². The standard InChI is InChI=1S/C42H70N4O27/c1-17-26(53)30(57)33(60)39(68-17)65-12-10-44-22(49)4-2-3-9-43-18(38(64)73-46-24(51)7-8-25(46)52)5-6-23(50)45-11-13-66-41-36(63)37(72-42-35(62)32(59)28(55)20(15-48)70-42)29(56)21(71-41)16-67-40-34(61)31(58)27(54)19(14-47)69-40/h17-21,26-37,39-43,47-48,53-63H,2-16H2,1H3,(H,44,49)(H,45,50)/t17-,18-,19+,20+,21+,26+,27+,28+,29+,30+,31-,32-,33-,34-,35-,36-,37-,39+,40-,41-,42+/m0/s1. The molecule has 420 valence electrons. The number of hydroxylamine groups is 2. The topological polar surface area (TPSA) is 471 Å². The second-order valence-electron chi connectivity index (χ2n) is 18.0. The molecule has 0 aliphatic carbocycles. The minimum Gasteiger partial charge on any atom is -0.394 e. The summed E-state index contributed by atoms with van der Waals surface area (Å²) in [6.07, 6.45) is -32.9. The zero-order valence-corrected chi connectivity index (χ0v) is 39.7. The summed E-state index contributed by atoms with van der Waals surface area (Å²) >= 11 is 0. The van der Waals surface area contributed by atoms with Gasteiger partial charge in [0.2, 0.25) is 11.8 Å². The third kappa shape index (κ3) is 16.1. The van der Waals surface area contributed by atoms with Crippen LogP contribution in [0.15, 0.2) is 0 Å². The van der Waals surface area contributed by atoms with Crippen molar-refractivity contribution in [2.75, 3.05) is 52.7 Å². The number of imide groups is 1. The van der Waals surface area contributed by atoms with Gasteiger partial charge in [0.1, 0.15) is 97.6 Å². The number of unbranched alkanes of at least 4 members (excludes halogenated alkanes) is 1. The largest absolute Gasteiger partial charge is 0.394 e. The number of rotatable bonds is 26. The van der Waals surface area contributed by atoms with Crippen LogP contribution in [-0.2, 0) is 66.7 Å². The highest BCUT2D eigenvalue weighted by molar-refractivity contribution is 6.01. The zero-order valence-electron chi connectivity index (χ0n) is 39.7. The minimum atomic E-state index is -1.97. The van der Waals surface area contributed by atoms with Crippen molar-refractivity contribution in [3.63, 3.8) is 0 Å². The summed E-state index contributed by atoms with van der Waals surface area (Å²) in [5, 5.41) is 142. The average Bonchev–Trinajstić information content (AvgIpc) is 3.68. The highest BCUT2D eigenvalue weighted by Crippen LogP contribution is 2.31. The van der Waals surface area contributed by atoms with Crippen LogP contribution in [0.25, 0.3) is 0 Å². The lowest BCUT2D eigenvalue weighted by Gasteiger charge is -2.46. The van der Waals surface area contributed by atoms with Gasteiger partial charge in [-0.1, -0.05) is 0 Å². The number of hydrogen-bond donors (Lipinski definition) is 16. The first kappa shape index (κ1) is 60.5. The molecule has 31 nitrogen and oxygen atoms in total. The van der Waals surface area contributed by atoms with E-state index in [2.05, 4.69) is 16.0 Å². The number of carbonyl (C=O) groups is 5. The molecule has 4 amide bonds. The predicted molar refractivity (Wildman–Crippen MR) is 231 cm³/mol. The molecule has 0 radical (unpaired) electrons. The molecule has 0 aromatic rings. The quantitative estimate of drug-likeness (QED) is 0.0282. The van der Waals surface area contributed by atoms with Crippen LogP contribution in [0.4, 0.5) is 0 Å². The van der Waals surface area contributed by atoms with Crippen molar-refractivity contribution in [2.24, 2.45) is 0 Å². The van der Waals surface area contributed by atoms with Crippen LogP contribution in [0.5, 0.6) is 0 Å². The minimum absolute atomic E-state index is 0.0319. The Bertz CT molecular complexity index is 1760. The Balaban J connectivity index is 1.11. The summed E-state index contributed by atoms with van der Waals surface area (Å²) in [7, 11) is 0. The maximum atomic E-state index is 13.2. The maximum absolute atomic E-state index is 13.2. The number of nitrogens with zero attached hydrogens (tertiary/aromatic N) is 1. The summed E-state index contributed by atoms with van der Waals surface area (Å²) in [5.41, 5.74) is 0. The van der Waals surface area contributed by atoms with E-state index in [1.807, 2.05) is 0 Å². The number of nitrogens with one attached hydrogen (secondary N) is 3. The van der Waals surface area contributed by atoms with E-state index in [-0.39, 0.29) is 64.3 Å². The number of amides is 4. The van der Waals surface area contributed by atoms with Gasteiger partial charge in [0.05, 0.1) is 39.1 Å². The maximum Gasteiger partial charge on any atom is 0.349 e. The molecule has 5 fully saturated rings. The molecule has 21 atom stereocenters. The Morgan fingerprint density at radius 2 is 1.07 bits per heavy atom. The van der Waals surface area contributed by atoms with Gasteiger partial charge in [0.15, 0.2) is 25.2 Å². The molecule has 0 bridgehead atoms. The number of carbonyl (C=O) groups excluding carboxylic acids is 5. The van der Waals surface area contributed by atoms with Gasteiger partial charge in [-0.2, -0.15) is 0 Å². The predicted octanol–water partition coefficient (Wildman–Crippen LogP) is -9.96. The molecule has 5 rings (SSSR count). The van der Waals surface area contributed by atoms with Crippen molar-refractivity contribution < 1.29 is 133 Å². The summed E-state index contributed by atoms with van der Waals surface area (Å²) < 4.78 is 44.0. The molecular weight excluding hydrogens is 992 g/mol. The first-order valence-electron chi connectivity index (χ1n) is 23.9. The average molecular weight is 1060 g/mol. The molecule has 0 spiro atoms. The lowest BCUT2D eigenvalue weighted by molar-refractivity contribution is -0.366. The van der Waals surface area contributed by atoms with E-state index >= 15 is 0 Å². The van der Waals surface area contributed by atoms with Crippen LogP contribution in [0, 0.1) is 0 Å². The van der Waals surface area contributed by atoms with Crippen molar-refractivity contribution in [2.45, 2.75) is 181 Å². The van der Waals surface area contributed by atoms with Crippen molar-refractivity contribution >= 4 is 29.6 Å². The molecule has 73 heavy (non-hydrogen) atoms. The van der Waals surface area contributed by atoms with Gasteiger partial charge >= 0.3 is 5.97 Å². The van der Waals surface area contributed by atoms with Gasteiger partial charge in [0, 0.05) is 38.8 Å². The Morgan fingerprint density at radius 3 is 1.64 bits per heavy atom. The van der Waals surface area contributed by atoms with Gasteiger partial charge in [-0.05, 0) is 32.7 Å². The molecular formula is C42H70N4O27. The first-order valence-corrected chi connectivity index (χ1v) is 23.9. The van der Waals surface area contributed by atoms with Crippen LogP contribution in [-0.4, -0.2) is 283 Å². The van der Waals surface area contributed by atoms with Crippen molar-refractivity contribution in [1.29, 1.82) is 0 Å². The van der Waals surface area contributed by atoms with Gasteiger partial charge in [-0.3, -0.25) is 19.2 Å². The Morgan fingerprint density at radius 1 is 0.575 bits per heavy atom. The Hall–Kier alpha value is -3.33. The molecule has 31 heteroatoms. The van der Waals surface area contributed by atoms with E-state index in [4.69, 9.17) is 42.7 Å². The van der Waals surface area contributed by atoms with Crippen molar-refractivity contribution in [3.8, 4) is 0 Å². The fourth-order valence-corrected chi connectivity index (χ4v) is 8.20. The van der Waals surface area contributed by atoms with Crippen molar-refractivity contribution in [3.05, 3.63) is 0 Å². The number of hydrogen-bond acceptors (Lipinski definition) is 28. The van der Waals surface area contributed by atoms with Crippen LogP contribution < -0.4 is 16.0 Å². The van der Waals surface area contributed by atoms with E-state index in [0.29, 0.717) is 17.9 Å². The van der Waals surface area contributed by atoms with E-state index in [1.54, 1.807) is 0 Å². The van der Waals surface area contributed by atoms with Crippen LogP contribution in [0.1, 0.15) is 51.9 Å². The highest BCUT2D eigenvalue weighted by atomic mass is 16.8. The lowest BCUT2D eigenvalue weighted by Crippen LogP contribution is -2.65. The van der Waals surface area contributed by atoms with Gasteiger partial charge in [0.25, 0.3) is 11.8 Å². The normalized spacial score (nSPS) is 38.5. The molecule has 0 aromatic carbocycles. The third-order valence-electron chi connectivity index (χ3n) is 12.6. The van der Waals surface area contributed by atoms with E-state index in [9.17, 15) is 90.4 Å². The monoisotopic (exact) mass is 1060 g/mol. The molecule has 16 N–H and O–H groups in total. The van der Waals surface area contributed by atoms with Crippen LogP contribution in [0.3, 0.4) is 0 Å². The highest BCUT2D eigenvalue weighted by Gasteiger charge is 2.52. The fourth-order valence-electron chi connectivity index (χ4n) is 8.20. The fraction of sp³-hybridized carbons (Fsp3) is 0.881. The Kier molecular flexibility index (Phi) is 23.8. The molecule has 0 saturated carbocycles. The van der Waals surface area contributed by atoms with Gasteiger partial charge in [-0.25, -0.2) is 4.79 Å². The lowest BCUT2D eigenvalue weighted by atomic mass is 9.96. The molecule has 5 aliphatic rings. The molecule has 5 aliphatic heterocycles. The third-order valence-corrected chi connectivity index (χ3v) is 12.6. The van der Waals surface area contributed by atoms with Gasteiger partial charge in [-0.15, -0.1) is 5.06 Å². The molecule has 5 heterocycles. The van der Waals surface area contributed by atoms with Crippen LogP contribution >= 0.6 is 0 Å². The second kappa shape index (κ2) is 28.7. The number of ether oxygens (including phenoxy) is 8. The first-order chi connectivity index (χ1) is 34.7. The van der Waals surface area contributed by atoms with E-state index < -0.39 is 179 Å². The van der Waals surface area contributed by atoms with E-state index in [0.717, 1.165) is 0 Å². The SMILES string of the molecule is C[C@@H]1O[C@@H](OCCNC(=O)CCCCN[C@@H](CCC(=O)NCCO[C@H]2O[C@H](CO[C@H]3O[C@H](CO)[C@@H](O)[C@H](O)[C@@H]3O)[C@@H](O)[C@H](O[C@H]3O[C@H](CO)[C@@H](O)[C@H](O)[C@@H]3O)[C@@H]2O)C(=O)ON2C(=O)CCC2=O)[C@@H](O)[C@H](O)[C@@H]1O. The van der Waals surface area contributed by atoms with Crippen molar-refractivity contribution in [1.82, 2.24) is 21.0 Å². The molecule has 5 saturated heterocycles. The Labute approximate surface area is 416 Å². The molecule has 0 aromatic heterocycles.